The van der Waals surface area contributed by atoms with Crippen LogP contribution < -0.4 is 0 Å². The summed E-state index contributed by atoms with van der Waals surface area (Å²) in [6.07, 6.45) is 3.82. The van der Waals surface area contributed by atoms with Crippen molar-refractivity contribution in [3.63, 3.8) is 0 Å². The maximum atomic E-state index is 13.4. The molecule has 8 heteroatoms. The number of nitrogens with zero attached hydrogens (tertiary/aromatic N) is 4. The van der Waals surface area contributed by atoms with Gasteiger partial charge < -0.3 is 4.90 Å². The Labute approximate surface area is 174 Å². The average molecular weight is 421 g/mol. The van der Waals surface area contributed by atoms with Gasteiger partial charge in [-0.15, -0.1) is 0 Å². The minimum Gasteiger partial charge on any atom is -0.352 e. The Balaban J connectivity index is 1.85. The molecule has 0 aromatic heterocycles. The summed E-state index contributed by atoms with van der Waals surface area (Å²) in [5, 5.41) is 2.75. The zero-order chi connectivity index (χ0) is 20.0. The minimum absolute atomic E-state index is 0.101. The van der Waals surface area contributed by atoms with Crippen molar-refractivity contribution in [2.24, 2.45) is 0 Å². The minimum atomic E-state index is -0.101. The molecule has 4 rings (SSSR count). The van der Waals surface area contributed by atoms with Crippen LogP contribution in [0.15, 0.2) is 53.3 Å². The molecule has 148 valence electrons. The van der Waals surface area contributed by atoms with Gasteiger partial charge in [-0.1, -0.05) is 34.8 Å². The summed E-state index contributed by atoms with van der Waals surface area (Å²) in [7, 11) is 1.60. The van der Waals surface area contributed by atoms with Crippen LogP contribution in [0.25, 0.3) is 0 Å². The van der Waals surface area contributed by atoms with Crippen LogP contribution in [0.4, 0.5) is 0 Å². The van der Waals surface area contributed by atoms with Crippen LogP contribution >= 0.6 is 23.2 Å². The van der Waals surface area contributed by atoms with Crippen molar-refractivity contribution in [1.82, 2.24) is 19.8 Å². The van der Waals surface area contributed by atoms with Crippen LogP contribution in [0, 0.1) is 0 Å². The molecule has 6 nitrogen and oxygen atoms in total. The molecule has 3 aliphatic rings. The first-order valence-electron chi connectivity index (χ1n) is 9.15. The van der Waals surface area contributed by atoms with E-state index in [1.807, 2.05) is 4.90 Å². The molecular formula is C20H22Cl2N4O2. The number of likely N-dealkylation sites (N-methyl/N-ethyl adjacent to an activating group) is 1. The Morgan fingerprint density at radius 3 is 2.57 bits per heavy atom. The van der Waals surface area contributed by atoms with Gasteiger partial charge in [-0.3, -0.25) is 19.4 Å². The van der Waals surface area contributed by atoms with Gasteiger partial charge in [-0.25, -0.2) is 5.06 Å². The zero-order valence-electron chi connectivity index (χ0n) is 16.1. The van der Waals surface area contributed by atoms with Crippen LogP contribution in [0.2, 0.25) is 10.0 Å². The third-order valence-corrected chi connectivity index (χ3v) is 5.90. The first-order chi connectivity index (χ1) is 13.4. The van der Waals surface area contributed by atoms with Crippen LogP contribution in [0.5, 0.6) is 0 Å². The molecule has 1 aromatic carbocycles. The molecule has 1 amide bonds. The van der Waals surface area contributed by atoms with Gasteiger partial charge in [-0.2, -0.15) is 0 Å². The van der Waals surface area contributed by atoms with E-state index in [4.69, 9.17) is 28.0 Å². The first-order valence-corrected chi connectivity index (χ1v) is 9.91. The fraction of sp³-hybridized carbons (Fsp3) is 0.350. The smallest absolute Gasteiger partial charge is 0.277 e. The van der Waals surface area contributed by atoms with Gasteiger partial charge in [-0.05, 0) is 32.1 Å². The molecule has 0 saturated heterocycles. The highest BCUT2D eigenvalue weighted by atomic mass is 35.5. The summed E-state index contributed by atoms with van der Waals surface area (Å²) in [6, 6.07) is 5.39. The molecular weight excluding hydrogens is 399 g/mol. The highest BCUT2D eigenvalue weighted by Gasteiger charge is 2.42. The Kier molecular flexibility index (Phi) is 5.04. The lowest BCUT2D eigenvalue weighted by Crippen LogP contribution is -2.49. The van der Waals surface area contributed by atoms with E-state index >= 15 is 0 Å². The molecule has 3 heterocycles. The monoisotopic (exact) mass is 420 g/mol. The Hall–Kier alpha value is -2.15. The van der Waals surface area contributed by atoms with Gasteiger partial charge in [0, 0.05) is 28.7 Å². The van der Waals surface area contributed by atoms with E-state index in [1.54, 1.807) is 41.5 Å². The second-order valence-electron chi connectivity index (χ2n) is 6.99. The van der Waals surface area contributed by atoms with E-state index in [0.29, 0.717) is 29.0 Å². The third kappa shape index (κ3) is 3.05. The van der Waals surface area contributed by atoms with Gasteiger partial charge in [0.2, 0.25) is 0 Å². The summed E-state index contributed by atoms with van der Waals surface area (Å²) < 4.78 is 0. The Morgan fingerprint density at radius 1 is 1.21 bits per heavy atom. The zero-order valence-corrected chi connectivity index (χ0v) is 17.6. The van der Waals surface area contributed by atoms with Crippen molar-refractivity contribution in [2.75, 3.05) is 26.9 Å². The standard InChI is InChI=1S/C20H22Cl2N4O2/c1-4-23-9-13(2)8-17-19(23)26-12-24(28-3)11-18(26)20(27)25(17)10-14-15(21)6-5-7-16(14)22/h5-8,11H,4,9-10,12H2,1-3H3. The number of benzene rings is 1. The SMILES string of the molecule is CCN1CC(C)=CC2=C1N1CN(OC)C=C1C(=O)N2Cc1c(Cl)cccc1Cl. The topological polar surface area (TPSA) is 39.3 Å². The number of hydroxylamine groups is 2. The molecule has 3 aliphatic heterocycles. The van der Waals surface area contributed by atoms with Crippen molar-refractivity contribution < 1.29 is 9.63 Å². The Bertz CT molecular complexity index is 905. The number of allylic oxidation sites excluding steroid dienone is 1. The van der Waals surface area contributed by atoms with Gasteiger partial charge in [0.15, 0.2) is 0 Å². The molecule has 0 N–H and O–H groups in total. The molecule has 1 aromatic rings. The lowest BCUT2D eigenvalue weighted by Gasteiger charge is -2.44. The van der Waals surface area contributed by atoms with E-state index in [1.165, 1.54) is 5.57 Å². The van der Waals surface area contributed by atoms with E-state index in [2.05, 4.69) is 24.8 Å². The second-order valence-corrected chi connectivity index (χ2v) is 7.80. The van der Waals surface area contributed by atoms with E-state index in [0.717, 1.165) is 30.2 Å². The molecule has 0 saturated carbocycles. The number of carbonyl (C=O) groups excluding carboxylic acids is 1. The van der Waals surface area contributed by atoms with Crippen molar-refractivity contribution in [2.45, 2.75) is 20.4 Å². The number of halogens is 2. The van der Waals surface area contributed by atoms with Gasteiger partial charge in [0.1, 0.15) is 18.2 Å². The fourth-order valence-corrected chi connectivity index (χ4v) is 4.34. The quantitative estimate of drug-likeness (QED) is 0.741. The molecule has 0 radical (unpaired) electrons. The molecule has 0 unspecified atom stereocenters. The molecule has 0 spiro atoms. The van der Waals surface area contributed by atoms with Crippen LogP contribution in [0.3, 0.4) is 0 Å². The average Bonchev–Trinajstić information content (AvgIpc) is 3.11. The highest BCUT2D eigenvalue weighted by Crippen LogP contribution is 2.39. The van der Waals surface area contributed by atoms with Crippen molar-refractivity contribution in [1.29, 1.82) is 0 Å². The predicted octanol–water partition coefficient (Wildman–Crippen LogP) is 3.76. The lowest BCUT2D eigenvalue weighted by molar-refractivity contribution is -0.129. The largest absolute Gasteiger partial charge is 0.352 e. The van der Waals surface area contributed by atoms with Crippen LogP contribution in [0.1, 0.15) is 19.4 Å². The van der Waals surface area contributed by atoms with Crippen molar-refractivity contribution in [3.05, 3.63) is 68.9 Å². The number of hydrogen-bond acceptors (Lipinski definition) is 5. The molecule has 0 aliphatic carbocycles. The number of carbonyl (C=O) groups is 1. The maximum absolute atomic E-state index is 13.4. The van der Waals surface area contributed by atoms with Crippen LogP contribution in [-0.4, -0.2) is 52.5 Å². The normalized spacial score (nSPS) is 19.1. The highest BCUT2D eigenvalue weighted by molar-refractivity contribution is 6.36. The molecule has 28 heavy (non-hydrogen) atoms. The van der Waals surface area contributed by atoms with Gasteiger partial charge >= 0.3 is 0 Å². The summed E-state index contributed by atoms with van der Waals surface area (Å²) in [4.78, 5) is 24.8. The molecule has 0 fully saturated rings. The van der Waals surface area contributed by atoms with E-state index in [-0.39, 0.29) is 5.91 Å². The van der Waals surface area contributed by atoms with Gasteiger partial charge in [0.05, 0.1) is 25.6 Å². The van der Waals surface area contributed by atoms with Crippen molar-refractivity contribution >= 4 is 29.1 Å². The lowest BCUT2D eigenvalue weighted by atomic mass is 10.1. The number of hydrogen-bond donors (Lipinski definition) is 0. The third-order valence-electron chi connectivity index (χ3n) is 5.19. The summed E-state index contributed by atoms with van der Waals surface area (Å²) >= 11 is 12.8. The van der Waals surface area contributed by atoms with E-state index in [9.17, 15) is 4.79 Å². The maximum Gasteiger partial charge on any atom is 0.277 e. The molecule has 0 atom stereocenters. The summed E-state index contributed by atoms with van der Waals surface area (Å²) in [5.41, 5.74) is 3.37. The number of fused-ring (bicyclic) bond motifs is 2. The molecule has 0 bridgehead atoms. The van der Waals surface area contributed by atoms with Crippen LogP contribution in [-0.2, 0) is 16.2 Å². The number of rotatable bonds is 4. The Morgan fingerprint density at radius 2 is 1.93 bits per heavy atom. The van der Waals surface area contributed by atoms with E-state index < -0.39 is 0 Å². The predicted molar refractivity (Wildman–Crippen MR) is 109 cm³/mol. The second kappa shape index (κ2) is 7.35. The summed E-state index contributed by atoms with van der Waals surface area (Å²) in [6.45, 7) is 6.61. The fourth-order valence-electron chi connectivity index (χ4n) is 3.82. The first kappa shape index (κ1) is 19.2. The van der Waals surface area contributed by atoms with Gasteiger partial charge in [0.25, 0.3) is 5.91 Å². The summed E-state index contributed by atoms with van der Waals surface area (Å²) in [5.74, 6) is 0.901. The number of amides is 1. The van der Waals surface area contributed by atoms with Crippen molar-refractivity contribution in [3.8, 4) is 0 Å².